The van der Waals surface area contributed by atoms with Crippen LogP contribution in [-0.4, -0.2) is 45.9 Å². The third-order valence-electron chi connectivity index (χ3n) is 3.46. The average Bonchev–Trinajstić information content (AvgIpc) is 2.46. The summed E-state index contributed by atoms with van der Waals surface area (Å²) in [5, 5.41) is 0.0614. The molecule has 0 aliphatic heterocycles. The van der Waals surface area contributed by atoms with E-state index >= 15 is 0 Å². The summed E-state index contributed by atoms with van der Waals surface area (Å²) in [5.41, 5.74) is 5.45. The molecule has 0 unspecified atom stereocenters. The quantitative estimate of drug-likeness (QED) is 0.660. The zero-order valence-corrected chi connectivity index (χ0v) is 17.5. The van der Waals surface area contributed by atoms with Crippen LogP contribution < -0.4 is 10.5 Å². The molecular weight excluding hydrogens is 409 g/mol. The van der Waals surface area contributed by atoms with E-state index < -0.39 is 10.0 Å². The van der Waals surface area contributed by atoms with Crippen molar-refractivity contribution in [3.63, 3.8) is 0 Å². The van der Waals surface area contributed by atoms with E-state index in [0.29, 0.717) is 13.1 Å². The maximum atomic E-state index is 12.3. The van der Waals surface area contributed by atoms with E-state index in [4.69, 9.17) is 28.9 Å². The molecule has 25 heavy (non-hydrogen) atoms. The predicted octanol–water partition coefficient (Wildman–Crippen LogP) is 2.53. The Morgan fingerprint density at radius 1 is 1.28 bits per heavy atom. The second-order valence-electron chi connectivity index (χ2n) is 6.32. The van der Waals surface area contributed by atoms with Crippen LogP contribution in [0.1, 0.15) is 20.3 Å². The van der Waals surface area contributed by atoms with E-state index in [-0.39, 0.29) is 51.6 Å². The van der Waals surface area contributed by atoms with Gasteiger partial charge in [0, 0.05) is 26.6 Å². The lowest BCUT2D eigenvalue weighted by Gasteiger charge is -2.29. The fourth-order valence-electron chi connectivity index (χ4n) is 2.09. The van der Waals surface area contributed by atoms with Crippen molar-refractivity contribution >= 4 is 51.5 Å². The normalized spacial score (nSPS) is 11.8. The summed E-state index contributed by atoms with van der Waals surface area (Å²) in [6, 6.07) is 4.44. The van der Waals surface area contributed by atoms with Gasteiger partial charge in [0.2, 0.25) is 15.9 Å². The smallest absolute Gasteiger partial charge is 0.243 e. The Balaban J connectivity index is 0.00000576. The Morgan fingerprint density at radius 2 is 1.80 bits per heavy atom. The van der Waals surface area contributed by atoms with Crippen molar-refractivity contribution in [1.82, 2.24) is 9.62 Å². The molecule has 6 nitrogen and oxygen atoms in total. The molecule has 144 valence electrons. The number of carbonyl (C=O) groups is 1. The summed E-state index contributed by atoms with van der Waals surface area (Å²) in [7, 11) is -2.22. The van der Waals surface area contributed by atoms with Gasteiger partial charge in [0.05, 0.1) is 10.0 Å². The molecule has 0 aliphatic rings. The van der Waals surface area contributed by atoms with Gasteiger partial charge < -0.3 is 10.6 Å². The van der Waals surface area contributed by atoms with Gasteiger partial charge in [0.25, 0.3) is 0 Å². The second-order valence-corrected chi connectivity index (χ2v) is 8.83. The van der Waals surface area contributed by atoms with Gasteiger partial charge in [0.15, 0.2) is 0 Å². The highest BCUT2D eigenvalue weighted by atomic mass is 35.5. The first-order valence-corrected chi connectivity index (χ1v) is 9.62. The van der Waals surface area contributed by atoms with Crippen LogP contribution in [0, 0.1) is 5.41 Å². The molecule has 0 radical (unpaired) electrons. The minimum Gasteiger partial charge on any atom is -0.345 e. The molecule has 0 saturated carbocycles. The van der Waals surface area contributed by atoms with Crippen molar-refractivity contribution in [2.45, 2.75) is 25.2 Å². The van der Waals surface area contributed by atoms with Crippen molar-refractivity contribution in [1.29, 1.82) is 0 Å². The van der Waals surface area contributed by atoms with Crippen molar-refractivity contribution in [3.05, 3.63) is 28.2 Å². The summed E-state index contributed by atoms with van der Waals surface area (Å²) >= 11 is 11.8. The van der Waals surface area contributed by atoms with Gasteiger partial charge in [-0.1, -0.05) is 43.1 Å². The van der Waals surface area contributed by atoms with Crippen LogP contribution in [0.5, 0.6) is 0 Å². The first kappa shape index (κ1) is 24.4. The van der Waals surface area contributed by atoms with Gasteiger partial charge in [0.1, 0.15) is 4.90 Å². The Labute approximate surface area is 165 Å². The van der Waals surface area contributed by atoms with Crippen molar-refractivity contribution in [2.24, 2.45) is 11.1 Å². The number of nitrogens with zero attached hydrogens (tertiary/aromatic N) is 1. The van der Waals surface area contributed by atoms with Crippen LogP contribution in [-0.2, 0) is 14.8 Å². The van der Waals surface area contributed by atoms with Gasteiger partial charge in [-0.2, -0.15) is 0 Å². The van der Waals surface area contributed by atoms with E-state index in [2.05, 4.69) is 4.72 Å². The van der Waals surface area contributed by atoms with E-state index in [1.54, 1.807) is 18.0 Å². The molecular formula is C15H24Cl3N3O3S. The third kappa shape index (κ3) is 7.29. The Hall–Kier alpha value is -0.570. The highest BCUT2D eigenvalue weighted by Gasteiger charge is 2.23. The second kappa shape index (κ2) is 9.94. The number of hydrogen-bond donors (Lipinski definition) is 2. The molecule has 1 aromatic rings. The summed E-state index contributed by atoms with van der Waals surface area (Å²) in [4.78, 5) is 13.5. The van der Waals surface area contributed by atoms with Gasteiger partial charge in [-0.25, -0.2) is 13.1 Å². The number of benzene rings is 1. The fourth-order valence-corrected chi connectivity index (χ4v) is 4.26. The van der Waals surface area contributed by atoms with Crippen molar-refractivity contribution in [2.75, 3.05) is 26.7 Å². The number of nitrogens with one attached hydrogen (secondary N) is 1. The van der Waals surface area contributed by atoms with Gasteiger partial charge in [-0.3, -0.25) is 4.79 Å². The van der Waals surface area contributed by atoms with Crippen LogP contribution in [0.4, 0.5) is 0 Å². The lowest BCUT2D eigenvalue weighted by Crippen LogP contribution is -2.40. The molecule has 0 aliphatic carbocycles. The van der Waals surface area contributed by atoms with E-state index in [0.717, 1.165) is 0 Å². The zero-order valence-electron chi connectivity index (χ0n) is 14.4. The summed E-state index contributed by atoms with van der Waals surface area (Å²) < 4.78 is 26.9. The van der Waals surface area contributed by atoms with Crippen LogP contribution >= 0.6 is 35.6 Å². The van der Waals surface area contributed by atoms with Crippen LogP contribution in [0.2, 0.25) is 10.0 Å². The Morgan fingerprint density at radius 3 is 2.28 bits per heavy atom. The highest BCUT2D eigenvalue weighted by Crippen LogP contribution is 2.28. The number of sulfonamides is 1. The standard InChI is InChI=1S/C15H23Cl2N3O3S.ClH/c1-15(2,9-18)10-20(3)13(21)7-8-19-24(22,23)14-11(16)5-4-6-12(14)17;/h4-6,19H,7-10,18H2,1-3H3;1H. The molecule has 0 heterocycles. The molecule has 1 amide bonds. The highest BCUT2D eigenvalue weighted by molar-refractivity contribution is 7.89. The van der Waals surface area contributed by atoms with Crippen molar-refractivity contribution < 1.29 is 13.2 Å². The van der Waals surface area contributed by atoms with Gasteiger partial charge in [-0.05, 0) is 24.1 Å². The molecule has 0 spiro atoms. The van der Waals surface area contributed by atoms with E-state index in [1.165, 1.54) is 12.1 Å². The Bertz CT molecular complexity index is 676. The van der Waals surface area contributed by atoms with Crippen LogP contribution in [0.3, 0.4) is 0 Å². The third-order valence-corrected chi connectivity index (χ3v) is 5.88. The van der Waals surface area contributed by atoms with Gasteiger partial charge >= 0.3 is 0 Å². The number of hydrogen-bond acceptors (Lipinski definition) is 4. The number of carbonyl (C=O) groups excluding carboxylic acids is 1. The number of amides is 1. The molecule has 1 aromatic carbocycles. The average molecular weight is 433 g/mol. The molecule has 10 heteroatoms. The lowest BCUT2D eigenvalue weighted by atomic mass is 9.93. The predicted molar refractivity (Wildman–Crippen MR) is 104 cm³/mol. The largest absolute Gasteiger partial charge is 0.345 e. The SMILES string of the molecule is CN(CC(C)(C)CN)C(=O)CCNS(=O)(=O)c1c(Cl)cccc1Cl.Cl. The van der Waals surface area contributed by atoms with E-state index in [1.807, 2.05) is 13.8 Å². The lowest BCUT2D eigenvalue weighted by molar-refractivity contribution is -0.130. The number of rotatable bonds is 8. The summed E-state index contributed by atoms with van der Waals surface area (Å²) in [5.74, 6) is -0.176. The van der Waals surface area contributed by atoms with Crippen LogP contribution in [0.25, 0.3) is 0 Å². The molecule has 0 bridgehead atoms. The first-order valence-electron chi connectivity index (χ1n) is 7.38. The number of nitrogens with two attached hydrogens (primary N) is 1. The fraction of sp³-hybridized carbons (Fsp3) is 0.533. The molecule has 3 N–H and O–H groups in total. The molecule has 0 atom stereocenters. The molecule has 0 saturated heterocycles. The van der Waals surface area contributed by atoms with E-state index in [9.17, 15) is 13.2 Å². The zero-order chi connectivity index (χ0) is 18.5. The maximum absolute atomic E-state index is 12.3. The summed E-state index contributed by atoms with van der Waals surface area (Å²) in [6.45, 7) is 4.81. The minimum absolute atomic E-state index is 0. The molecule has 0 fully saturated rings. The first-order chi connectivity index (χ1) is 11.0. The molecule has 0 aromatic heterocycles. The van der Waals surface area contributed by atoms with Gasteiger partial charge in [-0.15, -0.1) is 12.4 Å². The monoisotopic (exact) mass is 431 g/mol. The number of halogens is 3. The maximum Gasteiger partial charge on any atom is 0.243 e. The summed E-state index contributed by atoms with van der Waals surface area (Å²) in [6.07, 6.45) is 0.0262. The Kier molecular flexibility index (Phi) is 9.72. The minimum atomic E-state index is -3.89. The topological polar surface area (TPSA) is 92.5 Å². The van der Waals surface area contributed by atoms with Crippen molar-refractivity contribution in [3.8, 4) is 0 Å². The van der Waals surface area contributed by atoms with Crippen LogP contribution in [0.15, 0.2) is 23.1 Å². The molecule has 1 rings (SSSR count).